The topological polar surface area (TPSA) is 47.3 Å². The zero-order valence-electron chi connectivity index (χ0n) is 10.8. The van der Waals surface area contributed by atoms with Gasteiger partial charge in [0.25, 0.3) is 0 Å². The molecule has 0 atom stereocenters. The third-order valence-electron chi connectivity index (χ3n) is 3.28. The molecule has 0 N–H and O–H groups in total. The molecule has 0 aliphatic carbocycles. The molecule has 0 fully saturated rings. The zero-order chi connectivity index (χ0) is 13.1. The van der Waals surface area contributed by atoms with Crippen LogP contribution < -0.4 is 4.90 Å². The Hall–Kier alpha value is -1.86. The summed E-state index contributed by atoms with van der Waals surface area (Å²) in [6, 6.07) is 8.30. The highest BCUT2D eigenvalue weighted by molar-refractivity contribution is 6.00. The molecule has 4 nitrogen and oxygen atoms in total. The average Bonchev–Trinajstić information content (AvgIpc) is 2.62. The third kappa shape index (κ3) is 2.52. The summed E-state index contributed by atoms with van der Waals surface area (Å²) >= 11 is 0. The Kier molecular flexibility index (Phi) is 3.63. The summed E-state index contributed by atoms with van der Waals surface area (Å²) in [4.78, 5) is 15.4. The Morgan fingerprint density at radius 2 is 2.28 bits per heavy atom. The second kappa shape index (κ2) is 5.19. The van der Waals surface area contributed by atoms with Gasteiger partial charge in [0.05, 0.1) is 12.5 Å². The van der Waals surface area contributed by atoms with Gasteiger partial charge in [-0.25, -0.2) is 0 Å². The highest BCUT2D eigenvalue weighted by Gasteiger charge is 2.23. The van der Waals surface area contributed by atoms with Crippen LogP contribution in [0.3, 0.4) is 0 Å². The highest BCUT2D eigenvalue weighted by Crippen LogP contribution is 2.28. The molecule has 4 heteroatoms. The number of hydrogen-bond acceptors (Lipinski definition) is 3. The molecule has 1 aromatic carbocycles. The first-order chi connectivity index (χ1) is 8.61. The van der Waals surface area contributed by atoms with Crippen LogP contribution in [0.1, 0.15) is 17.5 Å². The number of anilines is 1. The minimum absolute atomic E-state index is 0.153. The van der Waals surface area contributed by atoms with Crippen LogP contribution in [0.4, 0.5) is 5.69 Å². The van der Waals surface area contributed by atoms with E-state index in [-0.39, 0.29) is 5.91 Å². The summed E-state index contributed by atoms with van der Waals surface area (Å²) in [7, 11) is 3.81. The zero-order valence-corrected chi connectivity index (χ0v) is 10.8. The van der Waals surface area contributed by atoms with Gasteiger partial charge in [0.2, 0.25) is 5.91 Å². The molecular weight excluding hydrogens is 226 g/mol. The number of rotatable bonds is 4. The van der Waals surface area contributed by atoms with E-state index < -0.39 is 0 Å². The smallest absolute Gasteiger partial charge is 0.231 e. The van der Waals surface area contributed by atoms with Crippen LogP contribution in [0.25, 0.3) is 0 Å². The Morgan fingerprint density at radius 3 is 3.00 bits per heavy atom. The summed E-state index contributed by atoms with van der Waals surface area (Å²) < 4.78 is 0. The van der Waals surface area contributed by atoms with E-state index in [0.29, 0.717) is 12.8 Å². The van der Waals surface area contributed by atoms with Crippen molar-refractivity contribution in [1.82, 2.24) is 4.90 Å². The van der Waals surface area contributed by atoms with E-state index in [4.69, 9.17) is 5.26 Å². The van der Waals surface area contributed by atoms with Gasteiger partial charge >= 0.3 is 0 Å². The number of nitrogens with zero attached hydrogens (tertiary/aromatic N) is 3. The normalized spacial score (nSPS) is 13.9. The van der Waals surface area contributed by atoms with Gasteiger partial charge in [-0.05, 0) is 24.2 Å². The summed E-state index contributed by atoms with van der Waals surface area (Å²) in [5, 5.41) is 8.55. The fourth-order valence-electron chi connectivity index (χ4n) is 2.25. The minimum Gasteiger partial charge on any atom is -0.315 e. The summed E-state index contributed by atoms with van der Waals surface area (Å²) in [5.74, 6) is 0.153. The van der Waals surface area contributed by atoms with Crippen molar-refractivity contribution in [3.8, 4) is 6.07 Å². The number of hydrogen-bond donors (Lipinski definition) is 0. The van der Waals surface area contributed by atoms with E-state index in [1.807, 2.05) is 20.2 Å². The molecule has 94 valence electrons. The first kappa shape index (κ1) is 12.6. The summed E-state index contributed by atoms with van der Waals surface area (Å²) in [5.41, 5.74) is 3.31. The van der Waals surface area contributed by atoms with Crippen molar-refractivity contribution in [1.29, 1.82) is 5.26 Å². The molecule has 1 aromatic rings. The van der Waals surface area contributed by atoms with Crippen LogP contribution in [0, 0.1) is 11.3 Å². The Labute approximate surface area is 107 Å². The molecule has 0 radical (unpaired) electrons. The SMILES string of the molecule is CN(CCC#N)Cc1ccc2c(c1)CC(=O)N2C. The fraction of sp³-hybridized carbons (Fsp3) is 0.429. The number of nitriles is 1. The van der Waals surface area contributed by atoms with Gasteiger partial charge in [-0.1, -0.05) is 12.1 Å². The first-order valence-electron chi connectivity index (χ1n) is 6.05. The lowest BCUT2D eigenvalue weighted by molar-refractivity contribution is -0.117. The quantitative estimate of drug-likeness (QED) is 0.806. The molecular formula is C14H17N3O. The molecule has 1 heterocycles. The number of benzene rings is 1. The van der Waals surface area contributed by atoms with E-state index in [1.165, 1.54) is 5.56 Å². The van der Waals surface area contributed by atoms with Crippen molar-refractivity contribution < 1.29 is 4.79 Å². The third-order valence-corrected chi connectivity index (χ3v) is 3.28. The molecule has 0 spiro atoms. The van der Waals surface area contributed by atoms with E-state index in [0.717, 1.165) is 24.3 Å². The number of carbonyl (C=O) groups is 1. The van der Waals surface area contributed by atoms with Crippen LogP contribution in [-0.4, -0.2) is 31.4 Å². The van der Waals surface area contributed by atoms with Crippen molar-refractivity contribution in [3.63, 3.8) is 0 Å². The van der Waals surface area contributed by atoms with Gasteiger partial charge in [-0.3, -0.25) is 4.79 Å². The number of fused-ring (bicyclic) bond motifs is 1. The van der Waals surface area contributed by atoms with Gasteiger partial charge in [0.15, 0.2) is 0 Å². The lowest BCUT2D eigenvalue weighted by Crippen LogP contribution is -2.20. The van der Waals surface area contributed by atoms with E-state index >= 15 is 0 Å². The van der Waals surface area contributed by atoms with Gasteiger partial charge in [0.1, 0.15) is 0 Å². The molecule has 0 aromatic heterocycles. The molecule has 0 unspecified atom stereocenters. The maximum Gasteiger partial charge on any atom is 0.231 e. The molecule has 0 saturated heterocycles. The lowest BCUT2D eigenvalue weighted by atomic mass is 10.1. The molecule has 0 saturated carbocycles. The Morgan fingerprint density at radius 1 is 1.50 bits per heavy atom. The number of amides is 1. The standard InChI is InChI=1S/C14H17N3O/c1-16(7-3-6-15)10-11-4-5-13-12(8-11)9-14(18)17(13)2/h4-5,8H,3,7,9-10H2,1-2H3. The second-order valence-corrected chi connectivity index (χ2v) is 4.74. The fourth-order valence-corrected chi connectivity index (χ4v) is 2.25. The molecule has 2 rings (SSSR count). The summed E-state index contributed by atoms with van der Waals surface area (Å²) in [6.45, 7) is 1.58. The van der Waals surface area contributed by atoms with Crippen LogP contribution in [-0.2, 0) is 17.8 Å². The van der Waals surface area contributed by atoms with Crippen molar-refractivity contribution in [2.45, 2.75) is 19.4 Å². The average molecular weight is 243 g/mol. The molecule has 1 aliphatic rings. The molecule has 1 amide bonds. The van der Waals surface area contributed by atoms with Crippen molar-refractivity contribution >= 4 is 11.6 Å². The van der Waals surface area contributed by atoms with Crippen molar-refractivity contribution in [3.05, 3.63) is 29.3 Å². The summed E-state index contributed by atoms with van der Waals surface area (Å²) in [6.07, 6.45) is 1.05. The van der Waals surface area contributed by atoms with Crippen LogP contribution in [0.15, 0.2) is 18.2 Å². The number of likely N-dealkylation sites (N-methyl/N-ethyl adjacent to an activating group) is 1. The van der Waals surface area contributed by atoms with Gasteiger partial charge in [-0.15, -0.1) is 0 Å². The van der Waals surface area contributed by atoms with Crippen LogP contribution in [0.2, 0.25) is 0 Å². The Bertz CT molecular complexity index is 504. The van der Waals surface area contributed by atoms with E-state index in [1.54, 1.807) is 4.90 Å². The molecule has 0 bridgehead atoms. The predicted molar refractivity (Wildman–Crippen MR) is 70.1 cm³/mol. The second-order valence-electron chi connectivity index (χ2n) is 4.74. The Balaban J connectivity index is 2.07. The predicted octanol–water partition coefficient (Wildman–Crippen LogP) is 1.55. The monoisotopic (exact) mass is 243 g/mol. The number of carbonyl (C=O) groups excluding carboxylic acids is 1. The maximum absolute atomic E-state index is 11.6. The van der Waals surface area contributed by atoms with Crippen LogP contribution >= 0.6 is 0 Å². The van der Waals surface area contributed by atoms with Crippen molar-refractivity contribution in [2.24, 2.45) is 0 Å². The van der Waals surface area contributed by atoms with Crippen LogP contribution in [0.5, 0.6) is 0 Å². The minimum atomic E-state index is 0.153. The van der Waals surface area contributed by atoms with Gasteiger partial charge in [0, 0.05) is 32.2 Å². The van der Waals surface area contributed by atoms with Gasteiger partial charge < -0.3 is 9.80 Å². The van der Waals surface area contributed by atoms with E-state index in [2.05, 4.69) is 23.1 Å². The first-order valence-corrected chi connectivity index (χ1v) is 6.05. The van der Waals surface area contributed by atoms with Gasteiger partial charge in [-0.2, -0.15) is 5.26 Å². The van der Waals surface area contributed by atoms with E-state index in [9.17, 15) is 4.79 Å². The highest BCUT2D eigenvalue weighted by atomic mass is 16.2. The lowest BCUT2D eigenvalue weighted by Gasteiger charge is -2.16. The molecule has 1 aliphatic heterocycles. The molecule has 18 heavy (non-hydrogen) atoms. The largest absolute Gasteiger partial charge is 0.315 e. The maximum atomic E-state index is 11.6. The van der Waals surface area contributed by atoms with Crippen molar-refractivity contribution in [2.75, 3.05) is 25.5 Å².